The molecule has 0 saturated heterocycles. The third kappa shape index (κ3) is 8.70. The molecular formula is C7H15S2. The highest BCUT2D eigenvalue weighted by atomic mass is 32.2. The van der Waals surface area contributed by atoms with E-state index >= 15 is 0 Å². The van der Waals surface area contributed by atoms with Crippen LogP contribution in [0.3, 0.4) is 0 Å². The standard InChI is InChI=1S/C7H15S2/c1-4-5-9-6-7(2,3)8/h4-6H2,1-3H3. The quantitative estimate of drug-likeness (QED) is 0.574. The molecule has 0 amide bonds. The van der Waals surface area contributed by atoms with Crippen molar-refractivity contribution in [1.29, 1.82) is 0 Å². The summed E-state index contributed by atoms with van der Waals surface area (Å²) in [4.78, 5) is 0. The molecule has 0 spiro atoms. The molecular weight excluding hydrogens is 148 g/mol. The highest BCUT2D eigenvalue weighted by Gasteiger charge is 2.10. The summed E-state index contributed by atoms with van der Waals surface area (Å²) in [5.41, 5.74) is 0. The molecule has 9 heavy (non-hydrogen) atoms. The van der Waals surface area contributed by atoms with Crippen LogP contribution in [0.15, 0.2) is 0 Å². The zero-order chi connectivity index (χ0) is 7.33. The van der Waals surface area contributed by atoms with Crippen LogP contribution in [0, 0.1) is 0 Å². The minimum atomic E-state index is 0.0971. The SMILES string of the molecule is CCCSCC(C)(C)[S]. The first-order valence-electron chi connectivity index (χ1n) is 3.34. The minimum Gasteiger partial charge on any atom is -0.161 e. The number of thioether (sulfide) groups is 1. The van der Waals surface area contributed by atoms with Gasteiger partial charge in [-0.2, -0.15) is 11.8 Å². The van der Waals surface area contributed by atoms with E-state index in [0.717, 1.165) is 5.75 Å². The van der Waals surface area contributed by atoms with Crippen LogP contribution in [-0.4, -0.2) is 16.3 Å². The van der Waals surface area contributed by atoms with Gasteiger partial charge in [0.05, 0.1) is 0 Å². The molecule has 2 heteroatoms. The van der Waals surface area contributed by atoms with E-state index < -0.39 is 0 Å². The predicted octanol–water partition coefficient (Wildman–Crippen LogP) is 3.11. The molecule has 55 valence electrons. The molecule has 0 aliphatic rings. The first-order chi connectivity index (χ1) is 4.06. The van der Waals surface area contributed by atoms with Gasteiger partial charge in [0.15, 0.2) is 0 Å². The first kappa shape index (κ1) is 9.70. The van der Waals surface area contributed by atoms with Gasteiger partial charge in [0.1, 0.15) is 0 Å². The van der Waals surface area contributed by atoms with Crippen molar-refractivity contribution in [3.8, 4) is 0 Å². The van der Waals surface area contributed by atoms with E-state index in [0.29, 0.717) is 0 Å². The van der Waals surface area contributed by atoms with Gasteiger partial charge < -0.3 is 0 Å². The number of hydrogen-bond donors (Lipinski definition) is 0. The summed E-state index contributed by atoms with van der Waals surface area (Å²) < 4.78 is 0.0971. The minimum absolute atomic E-state index is 0.0971. The molecule has 0 unspecified atom stereocenters. The van der Waals surface area contributed by atoms with Gasteiger partial charge in [0.2, 0.25) is 0 Å². The Labute approximate surface area is 68.2 Å². The monoisotopic (exact) mass is 163 g/mol. The van der Waals surface area contributed by atoms with Crippen molar-refractivity contribution in [2.45, 2.75) is 31.9 Å². The average Bonchev–Trinajstić information content (AvgIpc) is 1.63. The second-order valence-corrected chi connectivity index (χ2v) is 5.02. The van der Waals surface area contributed by atoms with Gasteiger partial charge in [-0.3, -0.25) is 0 Å². The number of rotatable bonds is 4. The van der Waals surface area contributed by atoms with Gasteiger partial charge in [0.25, 0.3) is 0 Å². The fourth-order valence-corrected chi connectivity index (χ4v) is 1.64. The molecule has 0 bridgehead atoms. The van der Waals surface area contributed by atoms with Crippen molar-refractivity contribution in [2.75, 3.05) is 11.5 Å². The van der Waals surface area contributed by atoms with E-state index in [-0.39, 0.29) is 4.75 Å². The fourth-order valence-electron chi connectivity index (χ4n) is 0.462. The van der Waals surface area contributed by atoms with Crippen molar-refractivity contribution in [2.24, 2.45) is 0 Å². The zero-order valence-corrected chi connectivity index (χ0v) is 8.07. The normalized spacial score (nSPS) is 12.0. The van der Waals surface area contributed by atoms with Crippen LogP contribution in [0.2, 0.25) is 0 Å². The van der Waals surface area contributed by atoms with E-state index in [1.54, 1.807) is 0 Å². The molecule has 0 atom stereocenters. The maximum absolute atomic E-state index is 5.18. The molecule has 0 aliphatic heterocycles. The Morgan fingerprint density at radius 1 is 1.44 bits per heavy atom. The zero-order valence-electron chi connectivity index (χ0n) is 6.44. The highest BCUT2D eigenvalue weighted by molar-refractivity contribution is 8.00. The van der Waals surface area contributed by atoms with Crippen molar-refractivity contribution in [3.63, 3.8) is 0 Å². The number of hydrogen-bond acceptors (Lipinski definition) is 1. The molecule has 0 N–H and O–H groups in total. The average molecular weight is 163 g/mol. The topological polar surface area (TPSA) is 0 Å². The largest absolute Gasteiger partial charge is 0.161 e. The summed E-state index contributed by atoms with van der Waals surface area (Å²) >= 11 is 7.13. The highest BCUT2D eigenvalue weighted by Crippen LogP contribution is 2.18. The lowest BCUT2D eigenvalue weighted by Gasteiger charge is -2.14. The Morgan fingerprint density at radius 2 is 2.00 bits per heavy atom. The molecule has 0 rings (SSSR count). The Bertz CT molecular complexity index is 63.8. The van der Waals surface area contributed by atoms with Crippen LogP contribution >= 0.6 is 24.4 Å². The lowest BCUT2D eigenvalue weighted by atomic mass is 10.2. The van der Waals surface area contributed by atoms with Crippen LogP contribution in [-0.2, 0) is 0 Å². The Hall–Kier alpha value is 0.700. The maximum atomic E-state index is 5.18. The van der Waals surface area contributed by atoms with Gasteiger partial charge in [-0.25, -0.2) is 0 Å². The fraction of sp³-hybridized carbons (Fsp3) is 1.00. The molecule has 0 saturated carbocycles. The molecule has 0 aromatic heterocycles. The van der Waals surface area contributed by atoms with Crippen LogP contribution < -0.4 is 0 Å². The smallest absolute Gasteiger partial charge is 0.0297 e. The Morgan fingerprint density at radius 3 is 2.33 bits per heavy atom. The molecule has 0 aromatic carbocycles. The molecule has 0 nitrogen and oxygen atoms in total. The van der Waals surface area contributed by atoms with Crippen LogP contribution in [0.1, 0.15) is 27.2 Å². The summed E-state index contributed by atoms with van der Waals surface area (Å²) in [5, 5.41) is 0. The summed E-state index contributed by atoms with van der Waals surface area (Å²) in [6.45, 7) is 6.40. The first-order valence-corrected chi connectivity index (χ1v) is 4.91. The van der Waals surface area contributed by atoms with Crippen molar-refractivity contribution >= 4 is 24.4 Å². The summed E-state index contributed by atoms with van der Waals surface area (Å²) in [5.74, 6) is 2.36. The van der Waals surface area contributed by atoms with E-state index in [1.165, 1.54) is 12.2 Å². The third-order valence-corrected chi connectivity index (χ3v) is 2.75. The van der Waals surface area contributed by atoms with E-state index in [1.807, 2.05) is 11.8 Å². The van der Waals surface area contributed by atoms with E-state index in [2.05, 4.69) is 20.8 Å². The van der Waals surface area contributed by atoms with Crippen LogP contribution in [0.5, 0.6) is 0 Å². The molecule has 0 heterocycles. The van der Waals surface area contributed by atoms with Gasteiger partial charge in [-0.15, -0.1) is 0 Å². The lowest BCUT2D eigenvalue weighted by molar-refractivity contribution is 0.825. The Balaban J connectivity index is 3.07. The molecule has 0 aromatic rings. The molecule has 1 radical (unpaired) electrons. The van der Waals surface area contributed by atoms with E-state index in [4.69, 9.17) is 12.6 Å². The second-order valence-electron chi connectivity index (χ2n) is 2.81. The second kappa shape index (κ2) is 4.51. The summed E-state index contributed by atoms with van der Waals surface area (Å²) in [6.07, 6.45) is 1.26. The lowest BCUT2D eigenvalue weighted by Crippen LogP contribution is -2.13. The van der Waals surface area contributed by atoms with E-state index in [9.17, 15) is 0 Å². The third-order valence-electron chi connectivity index (χ3n) is 0.798. The predicted molar refractivity (Wildman–Crippen MR) is 49.3 cm³/mol. The van der Waals surface area contributed by atoms with Gasteiger partial charge in [-0.1, -0.05) is 19.6 Å². The van der Waals surface area contributed by atoms with Gasteiger partial charge >= 0.3 is 0 Å². The summed E-state index contributed by atoms with van der Waals surface area (Å²) in [7, 11) is 0. The molecule has 0 aliphatic carbocycles. The van der Waals surface area contributed by atoms with Crippen LogP contribution in [0.25, 0.3) is 0 Å². The summed E-state index contributed by atoms with van der Waals surface area (Å²) in [6, 6.07) is 0. The Kier molecular flexibility index (Phi) is 4.86. The molecule has 0 fully saturated rings. The van der Waals surface area contributed by atoms with Gasteiger partial charge in [-0.05, 0) is 26.0 Å². The van der Waals surface area contributed by atoms with Crippen molar-refractivity contribution in [3.05, 3.63) is 0 Å². The van der Waals surface area contributed by atoms with Crippen LogP contribution in [0.4, 0.5) is 0 Å². The van der Waals surface area contributed by atoms with Gasteiger partial charge in [0, 0.05) is 10.5 Å². The van der Waals surface area contributed by atoms with Crippen molar-refractivity contribution in [1.82, 2.24) is 0 Å². The maximum Gasteiger partial charge on any atom is 0.0297 e. The van der Waals surface area contributed by atoms with Crippen molar-refractivity contribution < 1.29 is 0 Å².